The molecule has 0 atom stereocenters. The van der Waals surface area contributed by atoms with Crippen LogP contribution in [0.3, 0.4) is 0 Å². The second kappa shape index (κ2) is 6.38. The molecule has 21 heavy (non-hydrogen) atoms. The van der Waals surface area contributed by atoms with E-state index in [4.69, 9.17) is 23.2 Å². The monoisotopic (exact) mass is 389 g/mol. The van der Waals surface area contributed by atoms with E-state index in [0.29, 0.717) is 5.69 Å². The van der Waals surface area contributed by atoms with Gasteiger partial charge in [-0.15, -0.1) is 0 Å². The van der Waals surface area contributed by atoms with Crippen LogP contribution < -0.4 is 5.32 Å². The molecule has 6 nitrogen and oxygen atoms in total. The fourth-order valence-electron chi connectivity index (χ4n) is 1.52. The summed E-state index contributed by atoms with van der Waals surface area (Å²) in [7, 11) is 0. The van der Waals surface area contributed by atoms with E-state index in [-0.39, 0.29) is 25.9 Å². The van der Waals surface area contributed by atoms with Crippen molar-refractivity contribution in [1.29, 1.82) is 0 Å². The predicted octanol–water partition coefficient (Wildman–Crippen LogP) is 4.31. The van der Waals surface area contributed by atoms with Gasteiger partial charge in [-0.2, -0.15) is 0 Å². The molecule has 0 aliphatic rings. The molecule has 108 valence electrons. The van der Waals surface area contributed by atoms with Crippen LogP contribution >= 0.6 is 39.1 Å². The summed E-state index contributed by atoms with van der Waals surface area (Å²) in [6.07, 6.45) is 1.27. The Labute approximate surface area is 137 Å². The van der Waals surface area contributed by atoms with E-state index < -0.39 is 10.8 Å². The molecule has 0 saturated heterocycles. The molecule has 2 aromatic rings. The van der Waals surface area contributed by atoms with Crippen molar-refractivity contribution in [1.82, 2.24) is 4.98 Å². The Morgan fingerprint density at radius 1 is 1.33 bits per heavy atom. The maximum Gasteiger partial charge on any atom is 0.283 e. The summed E-state index contributed by atoms with van der Waals surface area (Å²) in [5.74, 6) is -0.495. The van der Waals surface area contributed by atoms with Crippen molar-refractivity contribution in [3.8, 4) is 0 Å². The lowest BCUT2D eigenvalue weighted by molar-refractivity contribution is -0.385. The van der Waals surface area contributed by atoms with Gasteiger partial charge in [0.15, 0.2) is 0 Å². The third-order valence-corrected chi connectivity index (χ3v) is 3.61. The number of rotatable bonds is 3. The molecule has 0 fully saturated rings. The van der Waals surface area contributed by atoms with Gasteiger partial charge in [0.25, 0.3) is 11.6 Å². The molecule has 0 saturated carbocycles. The molecular weight excluding hydrogens is 385 g/mol. The van der Waals surface area contributed by atoms with Gasteiger partial charge < -0.3 is 5.32 Å². The van der Waals surface area contributed by atoms with Gasteiger partial charge in [0, 0.05) is 18.0 Å². The van der Waals surface area contributed by atoms with Crippen molar-refractivity contribution in [3.63, 3.8) is 0 Å². The van der Waals surface area contributed by atoms with Gasteiger partial charge in [0.1, 0.15) is 5.15 Å². The number of nitro groups is 1. The molecule has 0 bridgehead atoms. The predicted molar refractivity (Wildman–Crippen MR) is 83.0 cm³/mol. The molecule has 0 aliphatic heterocycles. The summed E-state index contributed by atoms with van der Waals surface area (Å²) < 4.78 is 0.254. The zero-order valence-corrected chi connectivity index (χ0v) is 13.2. The Bertz CT molecular complexity index is 740. The molecular formula is C12H6BrCl2N3O3. The van der Waals surface area contributed by atoms with E-state index in [2.05, 4.69) is 26.2 Å². The largest absolute Gasteiger partial charge is 0.322 e. The Morgan fingerprint density at radius 2 is 2.05 bits per heavy atom. The number of aromatic nitrogens is 1. The van der Waals surface area contributed by atoms with E-state index in [1.54, 1.807) is 0 Å². The van der Waals surface area contributed by atoms with Crippen molar-refractivity contribution in [2.24, 2.45) is 0 Å². The second-order valence-corrected chi connectivity index (χ2v) is 5.51. The van der Waals surface area contributed by atoms with E-state index in [1.165, 1.54) is 30.5 Å². The molecule has 0 aliphatic carbocycles. The van der Waals surface area contributed by atoms with Crippen LogP contribution in [-0.4, -0.2) is 15.8 Å². The number of nitro benzene ring substituents is 1. The lowest BCUT2D eigenvalue weighted by Gasteiger charge is -2.07. The molecule has 1 aromatic heterocycles. The third kappa shape index (κ3) is 3.69. The summed E-state index contributed by atoms with van der Waals surface area (Å²) >= 11 is 14.7. The maximum absolute atomic E-state index is 12.1. The number of pyridine rings is 1. The first-order chi connectivity index (χ1) is 9.88. The van der Waals surface area contributed by atoms with Gasteiger partial charge in [-0.25, -0.2) is 4.98 Å². The van der Waals surface area contributed by atoms with Crippen LogP contribution in [0.5, 0.6) is 0 Å². The van der Waals surface area contributed by atoms with Crippen LogP contribution in [0, 0.1) is 10.1 Å². The van der Waals surface area contributed by atoms with Crippen LogP contribution in [0.4, 0.5) is 11.4 Å². The van der Waals surface area contributed by atoms with Crippen molar-refractivity contribution in [3.05, 3.63) is 60.8 Å². The second-order valence-electron chi connectivity index (χ2n) is 3.86. The molecule has 0 spiro atoms. The third-order valence-electron chi connectivity index (χ3n) is 2.47. The molecule has 1 amide bonds. The van der Waals surface area contributed by atoms with Gasteiger partial charge >= 0.3 is 0 Å². The minimum Gasteiger partial charge on any atom is -0.322 e. The first-order valence-electron chi connectivity index (χ1n) is 5.45. The lowest BCUT2D eigenvalue weighted by atomic mass is 10.2. The number of hydrogen-bond donors (Lipinski definition) is 1. The zero-order chi connectivity index (χ0) is 15.6. The molecule has 2 rings (SSSR count). The quantitative estimate of drug-likeness (QED) is 0.480. The highest BCUT2D eigenvalue weighted by atomic mass is 79.9. The Balaban J connectivity index is 2.26. The fraction of sp³-hybridized carbons (Fsp3) is 0. The molecule has 1 aromatic carbocycles. The van der Waals surface area contributed by atoms with Crippen molar-refractivity contribution >= 4 is 56.4 Å². The van der Waals surface area contributed by atoms with Gasteiger partial charge in [-0.1, -0.05) is 23.2 Å². The van der Waals surface area contributed by atoms with E-state index >= 15 is 0 Å². The van der Waals surface area contributed by atoms with E-state index in [1.807, 2.05) is 0 Å². The highest BCUT2D eigenvalue weighted by molar-refractivity contribution is 9.10. The maximum atomic E-state index is 12.1. The minimum atomic E-state index is -0.533. The number of benzene rings is 1. The average molecular weight is 391 g/mol. The Kier molecular flexibility index (Phi) is 4.76. The van der Waals surface area contributed by atoms with E-state index in [9.17, 15) is 14.9 Å². The van der Waals surface area contributed by atoms with Crippen LogP contribution in [-0.2, 0) is 0 Å². The Morgan fingerprint density at radius 3 is 2.67 bits per heavy atom. The number of carbonyl (C=O) groups is 1. The highest BCUT2D eigenvalue weighted by Gasteiger charge is 2.15. The van der Waals surface area contributed by atoms with Crippen LogP contribution in [0.15, 0.2) is 34.9 Å². The number of carbonyl (C=O) groups excluding carboxylic acids is 1. The normalized spacial score (nSPS) is 10.2. The smallest absolute Gasteiger partial charge is 0.283 e. The van der Waals surface area contributed by atoms with Gasteiger partial charge in [-0.05, 0) is 34.1 Å². The highest BCUT2D eigenvalue weighted by Crippen LogP contribution is 2.28. The molecule has 9 heteroatoms. The van der Waals surface area contributed by atoms with Crippen LogP contribution in [0.2, 0.25) is 10.2 Å². The van der Waals surface area contributed by atoms with Gasteiger partial charge in [0.2, 0.25) is 0 Å². The molecule has 1 N–H and O–H groups in total. The standard InChI is InChI=1S/C12H6BrCl2N3O3/c13-8-3-6(1-2-10(8)18(20)21)17-12(19)7-4-11(15)16-5-9(7)14/h1-5H,(H,17,19). The molecule has 1 heterocycles. The zero-order valence-electron chi connectivity index (χ0n) is 10.1. The number of hydrogen-bond acceptors (Lipinski definition) is 4. The SMILES string of the molecule is O=C(Nc1ccc([N+](=O)[O-])c(Br)c1)c1cc(Cl)ncc1Cl. The fourth-order valence-corrected chi connectivity index (χ4v) is 2.39. The number of nitrogens with zero attached hydrogens (tertiary/aromatic N) is 2. The summed E-state index contributed by atoms with van der Waals surface area (Å²) in [5.41, 5.74) is 0.436. The number of nitrogens with one attached hydrogen (secondary N) is 1. The topological polar surface area (TPSA) is 85.1 Å². The van der Waals surface area contributed by atoms with Crippen molar-refractivity contribution < 1.29 is 9.72 Å². The van der Waals surface area contributed by atoms with Crippen molar-refractivity contribution in [2.75, 3.05) is 5.32 Å². The number of amides is 1. The summed E-state index contributed by atoms with van der Waals surface area (Å²) in [4.78, 5) is 26.0. The summed E-state index contributed by atoms with van der Waals surface area (Å²) in [6, 6.07) is 5.45. The first kappa shape index (κ1) is 15.7. The minimum absolute atomic E-state index is 0.0991. The summed E-state index contributed by atoms with van der Waals surface area (Å²) in [5, 5.41) is 13.6. The number of anilines is 1. The molecule has 0 unspecified atom stereocenters. The van der Waals surface area contributed by atoms with Crippen LogP contribution in [0.1, 0.15) is 10.4 Å². The summed E-state index contributed by atoms with van der Waals surface area (Å²) in [6.45, 7) is 0. The molecule has 0 radical (unpaired) electrons. The van der Waals surface area contributed by atoms with Gasteiger partial charge in [-0.3, -0.25) is 14.9 Å². The number of halogens is 3. The average Bonchev–Trinajstić information content (AvgIpc) is 2.41. The Hall–Kier alpha value is -1.70. The van der Waals surface area contributed by atoms with Crippen molar-refractivity contribution in [2.45, 2.75) is 0 Å². The lowest BCUT2D eigenvalue weighted by Crippen LogP contribution is -2.12. The van der Waals surface area contributed by atoms with Crippen LogP contribution in [0.25, 0.3) is 0 Å². The van der Waals surface area contributed by atoms with E-state index in [0.717, 1.165) is 0 Å². The van der Waals surface area contributed by atoms with Gasteiger partial charge in [0.05, 0.1) is 20.0 Å². The first-order valence-corrected chi connectivity index (χ1v) is 6.99.